The molecule has 1 aromatic rings. The van der Waals surface area contributed by atoms with Gasteiger partial charge >= 0.3 is 0 Å². The molecule has 2 saturated heterocycles. The van der Waals surface area contributed by atoms with Gasteiger partial charge in [-0.2, -0.15) is 4.31 Å². The molecule has 2 aliphatic heterocycles. The molecule has 0 N–H and O–H groups in total. The zero-order valence-electron chi connectivity index (χ0n) is 12.7. The Morgan fingerprint density at radius 3 is 2.48 bits per heavy atom. The van der Waals surface area contributed by atoms with E-state index in [1.54, 1.807) is 16.4 Å². The first-order chi connectivity index (χ1) is 10.1. The predicted molar refractivity (Wildman–Crippen MR) is 83.8 cm³/mol. The summed E-state index contributed by atoms with van der Waals surface area (Å²) in [5.74, 6) is 0. The average Bonchev–Trinajstić information content (AvgIpc) is 2.99. The summed E-state index contributed by atoms with van der Waals surface area (Å²) in [4.78, 5) is 2.95. The van der Waals surface area contributed by atoms with Crippen LogP contribution in [0.1, 0.15) is 31.2 Å². The van der Waals surface area contributed by atoms with Gasteiger partial charge in [0.05, 0.1) is 4.90 Å². The van der Waals surface area contributed by atoms with E-state index in [0.717, 1.165) is 25.1 Å². The summed E-state index contributed by atoms with van der Waals surface area (Å²) in [5.41, 5.74) is 0.832. The van der Waals surface area contributed by atoms with Crippen molar-refractivity contribution in [2.24, 2.45) is 0 Å². The van der Waals surface area contributed by atoms with Crippen LogP contribution in [0.2, 0.25) is 0 Å². The zero-order chi connectivity index (χ0) is 14.9. The van der Waals surface area contributed by atoms with Gasteiger partial charge < -0.3 is 0 Å². The number of sulfonamides is 1. The van der Waals surface area contributed by atoms with Crippen molar-refractivity contribution in [1.29, 1.82) is 0 Å². The Balaban J connectivity index is 1.74. The molecular formula is C16H24N2O2S. The molecule has 2 fully saturated rings. The summed E-state index contributed by atoms with van der Waals surface area (Å²) in [5, 5.41) is 0. The normalized spacial score (nSPS) is 25.3. The standard InChI is InChI=1S/C16H24N2O2S/c1-14-7-3-4-8-16(14)21(19,20)18-12-9-15(13-18)17-10-5-2-6-11-17/h3-4,7-8,15H,2,5-6,9-13H2,1H3. The van der Waals surface area contributed by atoms with Gasteiger partial charge in [0.15, 0.2) is 0 Å². The number of hydrogen-bond acceptors (Lipinski definition) is 3. The van der Waals surface area contributed by atoms with Gasteiger partial charge in [0, 0.05) is 19.1 Å². The van der Waals surface area contributed by atoms with Crippen LogP contribution in [0.3, 0.4) is 0 Å². The molecule has 5 heteroatoms. The number of rotatable bonds is 3. The molecule has 0 radical (unpaired) electrons. The summed E-state index contributed by atoms with van der Waals surface area (Å²) in [6.07, 6.45) is 4.78. The molecule has 1 unspecified atom stereocenters. The van der Waals surface area contributed by atoms with Crippen molar-refractivity contribution in [1.82, 2.24) is 9.21 Å². The highest BCUT2D eigenvalue weighted by atomic mass is 32.2. The third kappa shape index (κ3) is 3.00. The zero-order valence-corrected chi connectivity index (χ0v) is 13.5. The van der Waals surface area contributed by atoms with Crippen molar-refractivity contribution >= 4 is 10.0 Å². The Hall–Kier alpha value is -0.910. The Bertz CT molecular complexity index is 594. The van der Waals surface area contributed by atoms with Crippen molar-refractivity contribution in [3.63, 3.8) is 0 Å². The molecule has 2 heterocycles. The number of likely N-dealkylation sites (tertiary alicyclic amines) is 1. The van der Waals surface area contributed by atoms with Crippen molar-refractivity contribution < 1.29 is 8.42 Å². The van der Waals surface area contributed by atoms with Crippen LogP contribution in [0.4, 0.5) is 0 Å². The number of nitrogens with zero attached hydrogens (tertiary/aromatic N) is 2. The fourth-order valence-corrected chi connectivity index (χ4v) is 5.21. The Morgan fingerprint density at radius 1 is 1.05 bits per heavy atom. The fourth-order valence-electron chi connectivity index (χ4n) is 3.50. The lowest BCUT2D eigenvalue weighted by Crippen LogP contribution is -2.41. The minimum absolute atomic E-state index is 0.407. The van der Waals surface area contributed by atoms with Crippen LogP contribution in [0.15, 0.2) is 29.2 Å². The van der Waals surface area contributed by atoms with Gasteiger partial charge in [0.1, 0.15) is 0 Å². The van der Waals surface area contributed by atoms with E-state index < -0.39 is 10.0 Å². The second kappa shape index (κ2) is 6.07. The molecule has 1 atom stereocenters. The molecule has 0 aromatic heterocycles. The van der Waals surface area contributed by atoms with E-state index in [1.807, 2.05) is 19.1 Å². The molecule has 116 valence electrons. The van der Waals surface area contributed by atoms with Gasteiger partial charge in [-0.15, -0.1) is 0 Å². The lowest BCUT2D eigenvalue weighted by Gasteiger charge is -2.32. The minimum atomic E-state index is -3.33. The van der Waals surface area contributed by atoms with E-state index in [9.17, 15) is 8.42 Å². The number of piperidine rings is 1. The first-order valence-electron chi connectivity index (χ1n) is 7.89. The van der Waals surface area contributed by atoms with E-state index in [0.29, 0.717) is 24.0 Å². The summed E-state index contributed by atoms with van der Waals surface area (Å²) in [7, 11) is -3.33. The second-order valence-corrected chi connectivity index (χ2v) is 8.07. The molecule has 0 spiro atoms. The van der Waals surface area contributed by atoms with Crippen molar-refractivity contribution in [2.45, 2.75) is 43.5 Å². The average molecular weight is 308 g/mol. The van der Waals surface area contributed by atoms with Crippen molar-refractivity contribution in [3.8, 4) is 0 Å². The van der Waals surface area contributed by atoms with Gasteiger partial charge in [-0.1, -0.05) is 24.6 Å². The quantitative estimate of drug-likeness (QED) is 0.860. The van der Waals surface area contributed by atoms with Gasteiger partial charge in [-0.05, 0) is 50.9 Å². The van der Waals surface area contributed by atoms with E-state index in [4.69, 9.17) is 0 Å². The van der Waals surface area contributed by atoms with Gasteiger partial charge in [-0.3, -0.25) is 4.90 Å². The molecule has 0 aliphatic carbocycles. The van der Waals surface area contributed by atoms with Crippen molar-refractivity contribution in [3.05, 3.63) is 29.8 Å². The van der Waals surface area contributed by atoms with Crippen LogP contribution in [0.25, 0.3) is 0 Å². The lowest BCUT2D eigenvalue weighted by molar-refractivity contribution is 0.169. The summed E-state index contributed by atoms with van der Waals surface area (Å²) in [6, 6.07) is 7.68. The van der Waals surface area contributed by atoms with Crippen LogP contribution >= 0.6 is 0 Å². The van der Waals surface area contributed by atoms with Crippen LogP contribution in [0.5, 0.6) is 0 Å². The third-order valence-corrected chi connectivity index (χ3v) is 6.77. The molecule has 3 rings (SSSR count). The number of hydrogen-bond donors (Lipinski definition) is 0. The first-order valence-corrected chi connectivity index (χ1v) is 9.33. The van der Waals surface area contributed by atoms with Crippen LogP contribution < -0.4 is 0 Å². The molecule has 21 heavy (non-hydrogen) atoms. The van der Waals surface area contributed by atoms with Crippen LogP contribution in [-0.4, -0.2) is 49.8 Å². The highest BCUT2D eigenvalue weighted by molar-refractivity contribution is 7.89. The monoisotopic (exact) mass is 308 g/mol. The second-order valence-electron chi connectivity index (χ2n) is 6.17. The number of aryl methyl sites for hydroxylation is 1. The van der Waals surface area contributed by atoms with Crippen LogP contribution in [0, 0.1) is 6.92 Å². The van der Waals surface area contributed by atoms with E-state index >= 15 is 0 Å². The molecule has 4 nitrogen and oxygen atoms in total. The minimum Gasteiger partial charge on any atom is -0.299 e. The first kappa shape index (κ1) is 15.0. The van der Waals surface area contributed by atoms with Gasteiger partial charge in [0.2, 0.25) is 10.0 Å². The Labute approximate surface area is 127 Å². The van der Waals surface area contributed by atoms with Gasteiger partial charge in [0.25, 0.3) is 0 Å². The van der Waals surface area contributed by atoms with Crippen LogP contribution in [-0.2, 0) is 10.0 Å². The largest absolute Gasteiger partial charge is 0.299 e. The highest BCUT2D eigenvalue weighted by Gasteiger charge is 2.35. The summed E-state index contributed by atoms with van der Waals surface area (Å²) >= 11 is 0. The topological polar surface area (TPSA) is 40.6 Å². The molecule has 2 aliphatic rings. The highest BCUT2D eigenvalue weighted by Crippen LogP contribution is 2.26. The number of benzene rings is 1. The van der Waals surface area contributed by atoms with E-state index in [2.05, 4.69) is 4.90 Å². The smallest absolute Gasteiger partial charge is 0.243 e. The summed E-state index contributed by atoms with van der Waals surface area (Å²) < 4.78 is 27.3. The van der Waals surface area contributed by atoms with Gasteiger partial charge in [-0.25, -0.2) is 8.42 Å². The SMILES string of the molecule is Cc1ccccc1S(=O)(=O)N1CCC(N2CCCCC2)C1. The molecule has 0 saturated carbocycles. The molecule has 1 aromatic carbocycles. The molecule has 0 amide bonds. The Kier molecular flexibility index (Phi) is 4.33. The lowest BCUT2D eigenvalue weighted by atomic mass is 10.1. The maximum atomic E-state index is 12.8. The maximum absolute atomic E-state index is 12.8. The molecule has 0 bridgehead atoms. The maximum Gasteiger partial charge on any atom is 0.243 e. The Morgan fingerprint density at radius 2 is 1.76 bits per heavy atom. The van der Waals surface area contributed by atoms with Crippen molar-refractivity contribution in [2.75, 3.05) is 26.2 Å². The molecular weight excluding hydrogens is 284 g/mol. The summed E-state index contributed by atoms with van der Waals surface area (Å²) in [6.45, 7) is 5.42. The third-order valence-electron chi connectivity index (χ3n) is 4.74. The predicted octanol–water partition coefficient (Wildman–Crippen LogP) is 2.24. The van der Waals surface area contributed by atoms with E-state index in [-0.39, 0.29) is 0 Å². The van der Waals surface area contributed by atoms with E-state index in [1.165, 1.54) is 19.3 Å². The fraction of sp³-hybridized carbons (Fsp3) is 0.625.